The maximum Gasteiger partial charge on any atom is 0.237 e. The minimum Gasteiger partial charge on any atom is -0.348 e. The fraction of sp³-hybridized carbons (Fsp3) is 0.316. The van der Waals surface area contributed by atoms with Crippen LogP contribution in [-0.4, -0.2) is 11.9 Å². The molecule has 0 saturated heterocycles. The Morgan fingerprint density at radius 3 is 2.27 bits per heavy atom. The monoisotopic (exact) mass is 296 g/mol. The quantitative estimate of drug-likeness (QED) is 0.861. The van der Waals surface area contributed by atoms with Crippen molar-refractivity contribution in [3.05, 3.63) is 71.3 Å². The van der Waals surface area contributed by atoms with E-state index in [4.69, 9.17) is 5.73 Å². The maximum atomic E-state index is 12.2. The predicted molar refractivity (Wildman–Crippen MR) is 90.5 cm³/mol. The Kier molecular flexibility index (Phi) is 5.73. The van der Waals surface area contributed by atoms with E-state index in [-0.39, 0.29) is 11.9 Å². The fourth-order valence-corrected chi connectivity index (χ4v) is 2.41. The molecule has 0 saturated carbocycles. The van der Waals surface area contributed by atoms with Crippen molar-refractivity contribution in [2.24, 2.45) is 5.73 Å². The lowest BCUT2D eigenvalue weighted by Crippen LogP contribution is -2.42. The summed E-state index contributed by atoms with van der Waals surface area (Å²) in [5.41, 5.74) is 9.47. The van der Waals surface area contributed by atoms with Crippen molar-refractivity contribution >= 4 is 5.91 Å². The summed E-state index contributed by atoms with van der Waals surface area (Å²) in [5.74, 6) is -0.115. The van der Waals surface area contributed by atoms with Crippen LogP contribution in [0.5, 0.6) is 0 Å². The molecule has 3 nitrogen and oxygen atoms in total. The van der Waals surface area contributed by atoms with Crippen molar-refractivity contribution in [1.82, 2.24) is 5.32 Å². The molecule has 2 unspecified atom stereocenters. The minimum absolute atomic E-state index is 0.0415. The molecule has 0 aliphatic heterocycles. The number of nitrogens with two attached hydrogens (primary N) is 1. The Balaban J connectivity index is 1.92. The topological polar surface area (TPSA) is 55.1 Å². The first kappa shape index (κ1) is 16.2. The lowest BCUT2D eigenvalue weighted by atomic mass is 10.0. The van der Waals surface area contributed by atoms with Gasteiger partial charge in [0.1, 0.15) is 0 Å². The molecule has 3 heteroatoms. The third-order valence-corrected chi connectivity index (χ3v) is 3.88. The van der Waals surface area contributed by atoms with Crippen LogP contribution >= 0.6 is 0 Å². The van der Waals surface area contributed by atoms with Gasteiger partial charge in [0.05, 0.1) is 12.1 Å². The van der Waals surface area contributed by atoms with E-state index in [0.29, 0.717) is 6.42 Å². The number of carbonyl (C=O) groups is 1. The molecule has 1 amide bonds. The molecule has 22 heavy (non-hydrogen) atoms. The summed E-state index contributed by atoms with van der Waals surface area (Å²) in [4.78, 5) is 12.2. The van der Waals surface area contributed by atoms with E-state index in [1.54, 1.807) is 0 Å². The zero-order valence-corrected chi connectivity index (χ0v) is 13.3. The standard InChI is InChI=1S/C19H24N2O/c1-3-15-9-11-17(12-10-15)14(2)21-19(22)18(20)13-16-7-5-4-6-8-16/h4-12,14,18H,3,13,20H2,1-2H3,(H,21,22). The van der Waals surface area contributed by atoms with Crippen molar-refractivity contribution < 1.29 is 4.79 Å². The van der Waals surface area contributed by atoms with E-state index in [2.05, 4.69) is 36.5 Å². The Bertz CT molecular complexity index is 593. The van der Waals surface area contributed by atoms with Gasteiger partial charge in [0.2, 0.25) is 5.91 Å². The number of amides is 1. The number of aryl methyl sites for hydroxylation is 1. The highest BCUT2D eigenvalue weighted by Gasteiger charge is 2.17. The second kappa shape index (κ2) is 7.76. The second-order valence-corrected chi connectivity index (χ2v) is 5.62. The first-order chi connectivity index (χ1) is 10.6. The molecule has 2 atom stereocenters. The average molecular weight is 296 g/mol. The van der Waals surface area contributed by atoms with Crippen LogP contribution in [0.2, 0.25) is 0 Å². The lowest BCUT2D eigenvalue weighted by Gasteiger charge is -2.18. The van der Waals surface area contributed by atoms with Crippen molar-refractivity contribution in [2.45, 2.75) is 38.8 Å². The molecule has 0 heterocycles. The molecule has 2 rings (SSSR count). The molecule has 0 fully saturated rings. The molecule has 2 aromatic rings. The number of nitrogens with one attached hydrogen (secondary N) is 1. The van der Waals surface area contributed by atoms with Gasteiger partial charge in [-0.05, 0) is 36.5 Å². The summed E-state index contributed by atoms with van der Waals surface area (Å²) in [6.07, 6.45) is 1.57. The Hall–Kier alpha value is -2.13. The van der Waals surface area contributed by atoms with Crippen molar-refractivity contribution in [2.75, 3.05) is 0 Å². The van der Waals surface area contributed by atoms with Crippen LogP contribution in [0, 0.1) is 0 Å². The number of carbonyl (C=O) groups excluding carboxylic acids is 1. The van der Waals surface area contributed by atoms with Gasteiger partial charge in [0.25, 0.3) is 0 Å². The number of hydrogen-bond acceptors (Lipinski definition) is 2. The number of hydrogen-bond donors (Lipinski definition) is 2. The number of rotatable bonds is 6. The Morgan fingerprint density at radius 1 is 1.05 bits per heavy atom. The van der Waals surface area contributed by atoms with Crippen LogP contribution in [0.4, 0.5) is 0 Å². The highest BCUT2D eigenvalue weighted by Crippen LogP contribution is 2.14. The van der Waals surface area contributed by atoms with Gasteiger partial charge in [0.15, 0.2) is 0 Å². The van der Waals surface area contributed by atoms with Gasteiger partial charge in [0, 0.05) is 0 Å². The molecule has 0 bridgehead atoms. The number of benzene rings is 2. The van der Waals surface area contributed by atoms with Crippen molar-refractivity contribution in [1.29, 1.82) is 0 Å². The first-order valence-electron chi connectivity index (χ1n) is 7.79. The van der Waals surface area contributed by atoms with Crippen LogP contribution in [0.3, 0.4) is 0 Å². The van der Waals surface area contributed by atoms with Gasteiger partial charge in [-0.1, -0.05) is 61.5 Å². The van der Waals surface area contributed by atoms with Gasteiger partial charge < -0.3 is 11.1 Å². The zero-order chi connectivity index (χ0) is 15.9. The summed E-state index contributed by atoms with van der Waals surface area (Å²) >= 11 is 0. The zero-order valence-electron chi connectivity index (χ0n) is 13.3. The third-order valence-electron chi connectivity index (χ3n) is 3.88. The summed E-state index contributed by atoms with van der Waals surface area (Å²) in [7, 11) is 0. The molecule has 0 aliphatic carbocycles. The minimum atomic E-state index is -0.528. The van der Waals surface area contributed by atoms with Crippen LogP contribution < -0.4 is 11.1 Å². The van der Waals surface area contributed by atoms with E-state index >= 15 is 0 Å². The molecule has 3 N–H and O–H groups in total. The van der Waals surface area contributed by atoms with E-state index in [0.717, 1.165) is 17.5 Å². The van der Waals surface area contributed by atoms with Crippen LogP contribution in [0.15, 0.2) is 54.6 Å². The van der Waals surface area contributed by atoms with E-state index in [1.807, 2.05) is 37.3 Å². The molecule has 0 spiro atoms. The summed E-state index contributed by atoms with van der Waals surface area (Å²) < 4.78 is 0. The van der Waals surface area contributed by atoms with Crippen LogP contribution in [0.25, 0.3) is 0 Å². The Labute approximate surface area is 132 Å². The normalized spacial score (nSPS) is 13.4. The fourth-order valence-electron chi connectivity index (χ4n) is 2.41. The largest absolute Gasteiger partial charge is 0.348 e. The van der Waals surface area contributed by atoms with E-state index in [9.17, 15) is 4.79 Å². The molecule has 0 aromatic heterocycles. The summed E-state index contributed by atoms with van der Waals surface area (Å²) in [6.45, 7) is 4.11. The van der Waals surface area contributed by atoms with Gasteiger partial charge in [-0.3, -0.25) is 4.79 Å². The van der Waals surface area contributed by atoms with Crippen molar-refractivity contribution in [3.63, 3.8) is 0 Å². The van der Waals surface area contributed by atoms with Gasteiger partial charge in [-0.15, -0.1) is 0 Å². The van der Waals surface area contributed by atoms with E-state index in [1.165, 1.54) is 5.56 Å². The van der Waals surface area contributed by atoms with Gasteiger partial charge >= 0.3 is 0 Å². The molecular weight excluding hydrogens is 272 g/mol. The van der Waals surface area contributed by atoms with Gasteiger partial charge in [-0.25, -0.2) is 0 Å². The summed E-state index contributed by atoms with van der Waals surface area (Å²) in [6, 6.07) is 17.6. The van der Waals surface area contributed by atoms with Crippen LogP contribution in [0.1, 0.15) is 36.6 Å². The molecule has 2 aromatic carbocycles. The molecule has 116 valence electrons. The molecule has 0 aliphatic rings. The lowest BCUT2D eigenvalue weighted by molar-refractivity contribution is -0.123. The average Bonchev–Trinajstić information content (AvgIpc) is 2.55. The highest BCUT2D eigenvalue weighted by atomic mass is 16.2. The first-order valence-corrected chi connectivity index (χ1v) is 7.79. The SMILES string of the molecule is CCc1ccc(C(C)NC(=O)C(N)Cc2ccccc2)cc1. The highest BCUT2D eigenvalue weighted by molar-refractivity contribution is 5.82. The third kappa shape index (κ3) is 4.43. The maximum absolute atomic E-state index is 12.2. The predicted octanol–water partition coefficient (Wildman–Crippen LogP) is 3.00. The smallest absolute Gasteiger partial charge is 0.237 e. The molecular formula is C19H24N2O. The van der Waals surface area contributed by atoms with Crippen LogP contribution in [-0.2, 0) is 17.6 Å². The van der Waals surface area contributed by atoms with Crippen molar-refractivity contribution in [3.8, 4) is 0 Å². The molecule has 0 radical (unpaired) electrons. The van der Waals surface area contributed by atoms with E-state index < -0.39 is 6.04 Å². The second-order valence-electron chi connectivity index (χ2n) is 5.62. The summed E-state index contributed by atoms with van der Waals surface area (Å²) in [5, 5.41) is 2.99. The Morgan fingerprint density at radius 2 is 1.68 bits per heavy atom. The van der Waals surface area contributed by atoms with Gasteiger partial charge in [-0.2, -0.15) is 0 Å².